The number of rotatable bonds is 0. The molecule has 0 saturated heterocycles. The number of benzene rings is 1. The molecule has 0 radical (unpaired) electrons. The van der Waals surface area contributed by atoms with Gasteiger partial charge in [-0.3, -0.25) is 0 Å². The third-order valence-electron chi connectivity index (χ3n) is 2.15. The number of ether oxygens (including phenoxy) is 1. The Kier molecular flexibility index (Phi) is 1.93. The topological polar surface area (TPSA) is 9.23 Å². The van der Waals surface area contributed by atoms with Gasteiger partial charge in [-0.15, -0.1) is 0 Å². The van der Waals surface area contributed by atoms with Crippen LogP contribution < -0.4 is 10.4 Å². The summed E-state index contributed by atoms with van der Waals surface area (Å²) in [5.74, 6) is 1.91. The Balaban J connectivity index is 2.81. The molecule has 1 aliphatic heterocycles. The van der Waals surface area contributed by atoms with Crippen molar-refractivity contribution in [1.29, 1.82) is 0 Å². The van der Waals surface area contributed by atoms with Crippen LogP contribution in [-0.2, 0) is 4.74 Å². The van der Waals surface area contributed by atoms with Crippen molar-refractivity contribution in [1.82, 2.24) is 0 Å². The standard InChI is InChI=1S/C12H12O/c1-9-7-8-11-5-3-4-6-12(11)10(2)13-9/h3-8H,1-2H3. The summed E-state index contributed by atoms with van der Waals surface area (Å²) < 4.78 is 5.58. The molecule has 0 spiro atoms. The van der Waals surface area contributed by atoms with Crippen molar-refractivity contribution in [3.05, 3.63) is 46.5 Å². The molecular formula is C12H12O. The summed E-state index contributed by atoms with van der Waals surface area (Å²) in [7, 11) is 0. The largest absolute Gasteiger partial charge is 0.466 e. The summed E-state index contributed by atoms with van der Waals surface area (Å²) >= 11 is 0. The zero-order valence-electron chi connectivity index (χ0n) is 7.87. The molecule has 66 valence electrons. The van der Waals surface area contributed by atoms with Crippen molar-refractivity contribution in [2.45, 2.75) is 13.8 Å². The van der Waals surface area contributed by atoms with E-state index in [0.29, 0.717) is 0 Å². The second-order valence-electron chi connectivity index (χ2n) is 3.19. The summed E-state index contributed by atoms with van der Waals surface area (Å²) in [6, 6.07) is 8.24. The van der Waals surface area contributed by atoms with Crippen LogP contribution in [0.3, 0.4) is 0 Å². The van der Waals surface area contributed by atoms with E-state index in [1.807, 2.05) is 32.1 Å². The molecule has 0 saturated carbocycles. The fraction of sp³-hybridized carbons (Fsp3) is 0.167. The Labute approximate surface area is 77.7 Å². The van der Waals surface area contributed by atoms with Crippen LogP contribution in [0, 0.1) is 0 Å². The highest BCUT2D eigenvalue weighted by Crippen LogP contribution is 2.05. The Hall–Kier alpha value is -1.50. The molecule has 13 heavy (non-hydrogen) atoms. The third-order valence-corrected chi connectivity index (χ3v) is 2.15. The van der Waals surface area contributed by atoms with E-state index in [4.69, 9.17) is 4.74 Å². The Morgan fingerprint density at radius 1 is 1.00 bits per heavy atom. The van der Waals surface area contributed by atoms with Gasteiger partial charge in [0, 0.05) is 5.22 Å². The molecule has 1 aromatic rings. The molecule has 0 bridgehead atoms. The lowest BCUT2D eigenvalue weighted by Gasteiger charge is -2.02. The van der Waals surface area contributed by atoms with E-state index in [1.54, 1.807) is 0 Å². The highest BCUT2D eigenvalue weighted by Gasteiger charge is 1.98. The maximum atomic E-state index is 5.58. The van der Waals surface area contributed by atoms with Crippen LogP contribution in [-0.4, -0.2) is 0 Å². The predicted molar refractivity (Wildman–Crippen MR) is 54.1 cm³/mol. The zero-order valence-corrected chi connectivity index (χ0v) is 7.87. The maximum absolute atomic E-state index is 5.58. The summed E-state index contributed by atoms with van der Waals surface area (Å²) in [5, 5.41) is 2.40. The molecule has 0 aromatic heterocycles. The van der Waals surface area contributed by atoms with Gasteiger partial charge < -0.3 is 4.74 Å². The quantitative estimate of drug-likeness (QED) is 0.576. The third kappa shape index (κ3) is 1.50. The molecule has 0 fully saturated rings. The van der Waals surface area contributed by atoms with Crippen molar-refractivity contribution in [3.8, 4) is 0 Å². The molecule has 0 unspecified atom stereocenters. The van der Waals surface area contributed by atoms with Crippen LogP contribution in [0.15, 0.2) is 36.1 Å². The first-order valence-corrected chi connectivity index (χ1v) is 4.40. The van der Waals surface area contributed by atoms with Gasteiger partial charge in [0.1, 0.15) is 11.5 Å². The summed E-state index contributed by atoms with van der Waals surface area (Å²) in [4.78, 5) is 0. The fourth-order valence-electron chi connectivity index (χ4n) is 1.50. The van der Waals surface area contributed by atoms with E-state index in [1.165, 1.54) is 10.4 Å². The molecule has 0 N–H and O–H groups in total. The minimum atomic E-state index is 0.939. The lowest BCUT2D eigenvalue weighted by Crippen LogP contribution is -2.25. The molecule has 0 amide bonds. The lowest BCUT2D eigenvalue weighted by molar-refractivity contribution is 0.377. The first-order valence-electron chi connectivity index (χ1n) is 4.40. The molecule has 1 heterocycles. The number of allylic oxidation sites excluding steroid dienone is 2. The van der Waals surface area contributed by atoms with Crippen LogP contribution in [0.25, 0.3) is 11.8 Å². The molecule has 0 atom stereocenters. The average molecular weight is 172 g/mol. The lowest BCUT2D eigenvalue weighted by atomic mass is 10.2. The highest BCUT2D eigenvalue weighted by atomic mass is 16.5. The van der Waals surface area contributed by atoms with E-state index in [0.717, 1.165) is 11.5 Å². The monoisotopic (exact) mass is 172 g/mol. The van der Waals surface area contributed by atoms with E-state index in [9.17, 15) is 0 Å². The van der Waals surface area contributed by atoms with Gasteiger partial charge in [-0.25, -0.2) is 0 Å². The predicted octanol–water partition coefficient (Wildman–Crippen LogP) is 1.53. The van der Waals surface area contributed by atoms with Crippen LogP contribution in [0.1, 0.15) is 13.8 Å². The zero-order chi connectivity index (χ0) is 9.26. The molecular weight excluding hydrogens is 160 g/mol. The Bertz CT molecular complexity index is 466. The highest BCUT2D eigenvalue weighted by molar-refractivity contribution is 5.47. The van der Waals surface area contributed by atoms with E-state index >= 15 is 0 Å². The number of fused-ring (bicyclic) bond motifs is 1. The first-order chi connectivity index (χ1) is 6.27. The smallest absolute Gasteiger partial charge is 0.108 e. The first kappa shape index (κ1) is 8.11. The van der Waals surface area contributed by atoms with Gasteiger partial charge in [-0.05, 0) is 25.1 Å². The molecule has 1 aliphatic rings. The van der Waals surface area contributed by atoms with Crippen molar-refractivity contribution in [2.24, 2.45) is 0 Å². The van der Waals surface area contributed by atoms with Gasteiger partial charge in [0.15, 0.2) is 0 Å². The normalized spacial score (nSPS) is 14.9. The molecule has 0 aliphatic carbocycles. The number of hydrogen-bond acceptors (Lipinski definition) is 1. The minimum absolute atomic E-state index is 0.939. The molecule has 1 nitrogen and oxygen atoms in total. The van der Waals surface area contributed by atoms with Crippen LogP contribution in [0.2, 0.25) is 0 Å². The van der Waals surface area contributed by atoms with E-state index in [2.05, 4.69) is 18.2 Å². The van der Waals surface area contributed by atoms with Crippen LogP contribution >= 0.6 is 0 Å². The van der Waals surface area contributed by atoms with Crippen molar-refractivity contribution >= 4 is 11.8 Å². The second-order valence-corrected chi connectivity index (χ2v) is 3.19. The van der Waals surface area contributed by atoms with E-state index in [-0.39, 0.29) is 0 Å². The SMILES string of the molecule is CC1=CC=c2ccccc2=C(C)O1. The summed E-state index contributed by atoms with van der Waals surface area (Å²) in [6.45, 7) is 3.96. The molecule has 1 heteroatoms. The van der Waals surface area contributed by atoms with Crippen LogP contribution in [0.4, 0.5) is 0 Å². The summed E-state index contributed by atoms with van der Waals surface area (Å²) in [5.41, 5.74) is 0. The van der Waals surface area contributed by atoms with Gasteiger partial charge in [0.2, 0.25) is 0 Å². The number of hydrogen-bond donors (Lipinski definition) is 0. The fourth-order valence-corrected chi connectivity index (χ4v) is 1.50. The summed E-state index contributed by atoms with van der Waals surface area (Å²) in [6.07, 6.45) is 4.08. The van der Waals surface area contributed by atoms with Gasteiger partial charge in [0.25, 0.3) is 0 Å². The van der Waals surface area contributed by atoms with Crippen molar-refractivity contribution in [3.63, 3.8) is 0 Å². The molecule has 1 aromatic carbocycles. The van der Waals surface area contributed by atoms with Crippen LogP contribution in [0.5, 0.6) is 0 Å². The Morgan fingerprint density at radius 3 is 2.62 bits per heavy atom. The van der Waals surface area contributed by atoms with Crippen molar-refractivity contribution < 1.29 is 4.74 Å². The maximum Gasteiger partial charge on any atom is 0.108 e. The van der Waals surface area contributed by atoms with Gasteiger partial charge in [-0.2, -0.15) is 0 Å². The van der Waals surface area contributed by atoms with Gasteiger partial charge in [0.05, 0.1) is 0 Å². The second kappa shape index (κ2) is 3.09. The Morgan fingerprint density at radius 2 is 1.77 bits per heavy atom. The van der Waals surface area contributed by atoms with Gasteiger partial charge in [-0.1, -0.05) is 30.3 Å². The minimum Gasteiger partial charge on any atom is -0.466 e. The average Bonchev–Trinajstić information content (AvgIpc) is 2.27. The molecule has 2 rings (SSSR count). The van der Waals surface area contributed by atoms with Gasteiger partial charge >= 0.3 is 0 Å². The van der Waals surface area contributed by atoms with E-state index < -0.39 is 0 Å². The van der Waals surface area contributed by atoms with Crippen molar-refractivity contribution in [2.75, 3.05) is 0 Å².